The van der Waals surface area contributed by atoms with E-state index < -0.39 is 10.8 Å². The van der Waals surface area contributed by atoms with Crippen LogP contribution in [0.2, 0.25) is 0 Å². The van der Waals surface area contributed by atoms with Gasteiger partial charge in [0.25, 0.3) is 0 Å². The summed E-state index contributed by atoms with van der Waals surface area (Å²) in [6.45, 7) is 3.57. The lowest BCUT2D eigenvalue weighted by molar-refractivity contribution is 0.0790. The first-order chi connectivity index (χ1) is 8.66. The van der Waals surface area contributed by atoms with Crippen LogP contribution in [0.4, 0.5) is 0 Å². The van der Waals surface area contributed by atoms with Crippen LogP contribution in [-0.2, 0) is 22.1 Å². The second-order valence-electron chi connectivity index (χ2n) is 4.90. The van der Waals surface area contributed by atoms with Gasteiger partial charge in [0, 0.05) is 28.9 Å². The van der Waals surface area contributed by atoms with Crippen molar-refractivity contribution in [1.29, 1.82) is 0 Å². The molecule has 2 rings (SSSR count). The number of hydrogen-bond donors (Lipinski definition) is 1. The lowest BCUT2D eigenvalue weighted by Gasteiger charge is -2.29. The zero-order valence-electron chi connectivity index (χ0n) is 11.0. The molecule has 0 saturated carbocycles. The molecule has 1 aromatic carbocycles. The topological polar surface area (TPSA) is 38.3 Å². The van der Waals surface area contributed by atoms with Gasteiger partial charge < -0.3 is 10.1 Å². The number of fused-ring (bicyclic) bond motifs is 1. The Hall–Kier alpha value is -0.710. The molecule has 0 aromatic heterocycles. The van der Waals surface area contributed by atoms with Gasteiger partial charge in [0.05, 0.1) is 19.3 Å². The molecule has 1 N–H and O–H groups in total. The van der Waals surface area contributed by atoms with E-state index in [9.17, 15) is 4.21 Å². The Bertz CT molecular complexity index is 422. The first kappa shape index (κ1) is 13.7. The van der Waals surface area contributed by atoms with Gasteiger partial charge in [0.15, 0.2) is 0 Å². The monoisotopic (exact) mass is 267 g/mol. The van der Waals surface area contributed by atoms with Gasteiger partial charge in [0.1, 0.15) is 0 Å². The van der Waals surface area contributed by atoms with Gasteiger partial charge in [-0.15, -0.1) is 0 Å². The van der Waals surface area contributed by atoms with E-state index in [2.05, 4.69) is 30.4 Å². The SMILES string of the molecule is CC(CCS(C)=O)NC1COCc2ccccc21. The summed E-state index contributed by atoms with van der Waals surface area (Å²) in [6.07, 6.45) is 2.69. The van der Waals surface area contributed by atoms with E-state index in [1.807, 2.05) is 6.07 Å². The molecule has 3 nitrogen and oxygen atoms in total. The molecule has 1 heterocycles. The highest BCUT2D eigenvalue weighted by Crippen LogP contribution is 2.24. The van der Waals surface area contributed by atoms with Gasteiger partial charge in [-0.1, -0.05) is 24.3 Å². The molecule has 1 aromatic rings. The van der Waals surface area contributed by atoms with Crippen molar-refractivity contribution in [3.8, 4) is 0 Å². The Balaban J connectivity index is 1.96. The summed E-state index contributed by atoms with van der Waals surface area (Å²) in [4.78, 5) is 0. The quantitative estimate of drug-likeness (QED) is 0.887. The Kier molecular flexibility index (Phi) is 4.92. The molecule has 1 aliphatic heterocycles. The van der Waals surface area contributed by atoms with Crippen molar-refractivity contribution in [2.75, 3.05) is 18.6 Å². The fourth-order valence-corrected chi connectivity index (χ4v) is 2.97. The molecule has 0 aliphatic carbocycles. The third-order valence-electron chi connectivity index (χ3n) is 3.30. The van der Waals surface area contributed by atoms with Crippen molar-refractivity contribution < 1.29 is 8.95 Å². The van der Waals surface area contributed by atoms with E-state index in [1.165, 1.54) is 11.1 Å². The van der Waals surface area contributed by atoms with Gasteiger partial charge in [-0.3, -0.25) is 4.21 Å². The van der Waals surface area contributed by atoms with E-state index in [0.717, 1.165) is 18.8 Å². The fourth-order valence-electron chi connectivity index (χ4n) is 2.29. The smallest absolute Gasteiger partial charge is 0.0721 e. The Morgan fingerprint density at radius 3 is 3.06 bits per heavy atom. The summed E-state index contributed by atoms with van der Waals surface area (Å²) in [6, 6.07) is 9.03. The highest BCUT2D eigenvalue weighted by atomic mass is 32.2. The van der Waals surface area contributed by atoms with Crippen molar-refractivity contribution in [2.45, 2.75) is 32.0 Å². The minimum Gasteiger partial charge on any atom is -0.375 e. The second kappa shape index (κ2) is 6.45. The number of nitrogens with one attached hydrogen (secondary N) is 1. The predicted molar refractivity (Wildman–Crippen MR) is 75.0 cm³/mol. The summed E-state index contributed by atoms with van der Waals surface area (Å²) in [5.41, 5.74) is 2.61. The van der Waals surface area contributed by atoms with Crippen LogP contribution < -0.4 is 5.32 Å². The van der Waals surface area contributed by atoms with Crippen molar-refractivity contribution in [3.05, 3.63) is 35.4 Å². The molecular formula is C14H21NO2S. The van der Waals surface area contributed by atoms with Crippen LogP contribution in [0.3, 0.4) is 0 Å². The van der Waals surface area contributed by atoms with Crippen molar-refractivity contribution in [2.24, 2.45) is 0 Å². The molecule has 4 heteroatoms. The Morgan fingerprint density at radius 1 is 1.50 bits per heavy atom. The minimum absolute atomic E-state index is 0.259. The van der Waals surface area contributed by atoms with Crippen molar-refractivity contribution in [3.63, 3.8) is 0 Å². The summed E-state index contributed by atoms with van der Waals surface area (Å²) in [7, 11) is -0.709. The van der Waals surface area contributed by atoms with Gasteiger partial charge >= 0.3 is 0 Å². The molecular weight excluding hydrogens is 246 g/mol. The van der Waals surface area contributed by atoms with E-state index in [0.29, 0.717) is 12.6 Å². The van der Waals surface area contributed by atoms with Crippen LogP contribution in [0, 0.1) is 0 Å². The molecule has 1 aliphatic rings. The number of benzene rings is 1. The molecule has 18 heavy (non-hydrogen) atoms. The molecule has 0 bridgehead atoms. The third-order valence-corrected chi connectivity index (χ3v) is 4.11. The summed E-state index contributed by atoms with van der Waals surface area (Å²) in [5, 5.41) is 3.57. The Labute approximate surface area is 111 Å². The van der Waals surface area contributed by atoms with Crippen LogP contribution in [-0.4, -0.2) is 28.9 Å². The second-order valence-corrected chi connectivity index (χ2v) is 6.45. The third kappa shape index (κ3) is 3.64. The summed E-state index contributed by atoms with van der Waals surface area (Å²) in [5.74, 6) is 0.753. The maximum Gasteiger partial charge on any atom is 0.0721 e. The molecule has 0 amide bonds. The average molecular weight is 267 g/mol. The van der Waals surface area contributed by atoms with E-state index in [4.69, 9.17) is 4.74 Å². The van der Waals surface area contributed by atoms with Gasteiger partial charge in [-0.2, -0.15) is 0 Å². The Morgan fingerprint density at radius 2 is 2.28 bits per heavy atom. The lowest BCUT2D eigenvalue weighted by atomic mass is 9.98. The van der Waals surface area contributed by atoms with E-state index in [-0.39, 0.29) is 6.04 Å². The maximum absolute atomic E-state index is 11.1. The van der Waals surface area contributed by atoms with Crippen LogP contribution >= 0.6 is 0 Å². The lowest BCUT2D eigenvalue weighted by Crippen LogP contribution is -2.36. The maximum atomic E-state index is 11.1. The van der Waals surface area contributed by atoms with Crippen molar-refractivity contribution >= 4 is 10.8 Å². The highest BCUT2D eigenvalue weighted by molar-refractivity contribution is 7.84. The van der Waals surface area contributed by atoms with Gasteiger partial charge in [0.2, 0.25) is 0 Å². The van der Waals surface area contributed by atoms with Gasteiger partial charge in [-0.25, -0.2) is 0 Å². The number of ether oxygens (including phenoxy) is 1. The zero-order chi connectivity index (χ0) is 13.0. The van der Waals surface area contributed by atoms with Crippen LogP contribution in [0.25, 0.3) is 0 Å². The molecule has 100 valence electrons. The summed E-state index contributed by atoms with van der Waals surface area (Å²) < 4.78 is 16.7. The standard InChI is InChI=1S/C14H21NO2S/c1-11(7-8-18(2)16)15-14-10-17-9-12-5-3-4-6-13(12)14/h3-6,11,14-15H,7-10H2,1-2H3. The van der Waals surface area contributed by atoms with Crippen LogP contribution in [0.1, 0.15) is 30.5 Å². The average Bonchev–Trinajstić information content (AvgIpc) is 2.37. The molecule has 3 unspecified atom stereocenters. The van der Waals surface area contributed by atoms with Crippen LogP contribution in [0.5, 0.6) is 0 Å². The summed E-state index contributed by atoms with van der Waals surface area (Å²) >= 11 is 0. The molecule has 0 saturated heterocycles. The molecule has 0 spiro atoms. The van der Waals surface area contributed by atoms with E-state index in [1.54, 1.807) is 6.26 Å². The van der Waals surface area contributed by atoms with Crippen molar-refractivity contribution in [1.82, 2.24) is 5.32 Å². The van der Waals surface area contributed by atoms with Crippen LogP contribution in [0.15, 0.2) is 24.3 Å². The number of rotatable bonds is 5. The molecule has 3 atom stereocenters. The zero-order valence-corrected chi connectivity index (χ0v) is 11.8. The molecule has 0 fully saturated rings. The van der Waals surface area contributed by atoms with E-state index >= 15 is 0 Å². The predicted octanol–water partition coefficient (Wildman–Crippen LogP) is 2.00. The minimum atomic E-state index is -0.709. The number of hydrogen-bond acceptors (Lipinski definition) is 3. The molecule has 0 radical (unpaired) electrons. The van der Waals surface area contributed by atoms with Gasteiger partial charge in [-0.05, 0) is 24.5 Å². The first-order valence-corrected chi connectivity index (χ1v) is 8.11. The first-order valence-electron chi connectivity index (χ1n) is 6.38. The fraction of sp³-hybridized carbons (Fsp3) is 0.571. The highest BCUT2D eigenvalue weighted by Gasteiger charge is 2.21. The largest absolute Gasteiger partial charge is 0.375 e. The normalized spacial score (nSPS) is 22.2.